The number of nitrogens with zero attached hydrogens (tertiary/aromatic N) is 1. The molecule has 4 rings (SSSR count). The minimum atomic E-state index is 0.0251. The molecule has 2 N–H and O–H groups in total. The summed E-state index contributed by atoms with van der Waals surface area (Å²) in [6.07, 6.45) is 5.53. The lowest BCUT2D eigenvalue weighted by Crippen LogP contribution is -3.13. The number of amides is 1. The third-order valence-electron chi connectivity index (χ3n) is 5.91. The number of aryl methyl sites for hydroxylation is 1. The van der Waals surface area contributed by atoms with Gasteiger partial charge >= 0.3 is 0 Å². The highest BCUT2D eigenvalue weighted by atomic mass is 32.1. The maximum absolute atomic E-state index is 12.7. The highest BCUT2D eigenvalue weighted by molar-refractivity contribution is 7.16. The summed E-state index contributed by atoms with van der Waals surface area (Å²) in [5, 5.41) is 13.3. The van der Waals surface area contributed by atoms with E-state index in [4.69, 9.17) is 0 Å². The SMILES string of the molecule is CC(C)c1ccc(C[NH+](CC(=O)Nc2sc3c(c2C#N)CCC3)C2CC2)cc1. The van der Waals surface area contributed by atoms with Crippen LogP contribution < -0.4 is 10.2 Å². The Morgan fingerprint density at radius 3 is 2.68 bits per heavy atom. The summed E-state index contributed by atoms with van der Waals surface area (Å²) in [6.45, 7) is 5.75. The van der Waals surface area contributed by atoms with Crippen molar-refractivity contribution in [3.63, 3.8) is 0 Å². The van der Waals surface area contributed by atoms with Crippen LogP contribution in [0.15, 0.2) is 24.3 Å². The van der Waals surface area contributed by atoms with Crippen molar-refractivity contribution in [3.8, 4) is 6.07 Å². The summed E-state index contributed by atoms with van der Waals surface area (Å²) in [4.78, 5) is 15.4. The van der Waals surface area contributed by atoms with Crippen LogP contribution in [0, 0.1) is 11.3 Å². The number of carbonyl (C=O) groups excluding carboxylic acids is 1. The molecular weight excluding hydrogens is 366 g/mol. The number of benzene rings is 1. The van der Waals surface area contributed by atoms with Crippen molar-refractivity contribution in [1.29, 1.82) is 5.26 Å². The average Bonchev–Trinajstić information content (AvgIpc) is 3.34. The molecule has 146 valence electrons. The number of rotatable bonds is 7. The van der Waals surface area contributed by atoms with Gasteiger partial charge in [0.1, 0.15) is 17.6 Å². The fourth-order valence-electron chi connectivity index (χ4n) is 4.11. The fourth-order valence-corrected chi connectivity index (χ4v) is 5.37. The quantitative estimate of drug-likeness (QED) is 0.756. The maximum Gasteiger partial charge on any atom is 0.280 e. The average molecular weight is 395 g/mol. The third kappa shape index (κ3) is 4.14. The van der Waals surface area contributed by atoms with Gasteiger partial charge in [-0.05, 0) is 36.3 Å². The molecule has 1 heterocycles. The molecule has 0 aliphatic heterocycles. The van der Waals surface area contributed by atoms with Gasteiger partial charge in [0, 0.05) is 23.3 Å². The Hall–Kier alpha value is -2.16. The first-order valence-electron chi connectivity index (χ1n) is 10.3. The molecule has 0 bridgehead atoms. The second-order valence-corrected chi connectivity index (χ2v) is 9.51. The van der Waals surface area contributed by atoms with Crippen molar-refractivity contribution < 1.29 is 9.69 Å². The van der Waals surface area contributed by atoms with Gasteiger partial charge < -0.3 is 10.2 Å². The molecule has 2 aliphatic rings. The number of hydrogen-bond donors (Lipinski definition) is 2. The van der Waals surface area contributed by atoms with Crippen molar-refractivity contribution >= 4 is 22.2 Å². The van der Waals surface area contributed by atoms with Crippen LogP contribution in [0.25, 0.3) is 0 Å². The lowest BCUT2D eigenvalue weighted by atomic mass is 10.0. The Balaban J connectivity index is 1.41. The predicted octanol–water partition coefficient (Wildman–Crippen LogP) is 3.42. The summed E-state index contributed by atoms with van der Waals surface area (Å²) in [6, 6.07) is 11.7. The van der Waals surface area contributed by atoms with Crippen LogP contribution in [0.5, 0.6) is 0 Å². The van der Waals surface area contributed by atoms with E-state index in [-0.39, 0.29) is 5.91 Å². The van der Waals surface area contributed by atoms with Crippen molar-refractivity contribution in [2.45, 2.75) is 64.5 Å². The van der Waals surface area contributed by atoms with E-state index in [1.807, 2.05) is 0 Å². The van der Waals surface area contributed by atoms with Crippen LogP contribution in [0.1, 0.15) is 66.2 Å². The summed E-state index contributed by atoms with van der Waals surface area (Å²) in [5.74, 6) is 0.561. The normalized spacial score (nSPS) is 16.6. The predicted molar refractivity (Wildman–Crippen MR) is 113 cm³/mol. The second-order valence-electron chi connectivity index (χ2n) is 8.40. The van der Waals surface area contributed by atoms with E-state index in [0.29, 0.717) is 24.1 Å². The first kappa shape index (κ1) is 19.2. The van der Waals surface area contributed by atoms with Gasteiger partial charge in [-0.15, -0.1) is 11.3 Å². The molecule has 28 heavy (non-hydrogen) atoms. The first-order chi connectivity index (χ1) is 13.5. The summed E-state index contributed by atoms with van der Waals surface area (Å²) < 4.78 is 0. The number of carbonyl (C=O) groups is 1. The fraction of sp³-hybridized carbons (Fsp3) is 0.478. The number of fused-ring (bicyclic) bond motifs is 1. The topological polar surface area (TPSA) is 57.3 Å². The Bertz CT molecular complexity index is 903. The molecule has 0 spiro atoms. The summed E-state index contributed by atoms with van der Waals surface area (Å²) in [5.41, 5.74) is 4.50. The van der Waals surface area contributed by atoms with E-state index in [1.54, 1.807) is 11.3 Å². The molecule has 0 saturated heterocycles. The van der Waals surface area contributed by atoms with E-state index < -0.39 is 0 Å². The van der Waals surface area contributed by atoms with E-state index in [2.05, 4.69) is 49.5 Å². The molecule has 1 aromatic heterocycles. The highest BCUT2D eigenvalue weighted by Crippen LogP contribution is 2.38. The molecule has 1 unspecified atom stereocenters. The van der Waals surface area contributed by atoms with Crippen molar-refractivity contribution in [2.75, 3.05) is 11.9 Å². The molecule has 1 fully saturated rings. The molecular formula is C23H28N3OS+. The van der Waals surface area contributed by atoms with E-state index in [9.17, 15) is 10.1 Å². The molecule has 1 saturated carbocycles. The van der Waals surface area contributed by atoms with Crippen LogP contribution in [-0.2, 0) is 24.2 Å². The molecule has 5 heteroatoms. The van der Waals surface area contributed by atoms with Crippen molar-refractivity contribution in [2.24, 2.45) is 0 Å². The van der Waals surface area contributed by atoms with Gasteiger partial charge in [0.25, 0.3) is 5.91 Å². The molecule has 1 aromatic carbocycles. The number of hydrogen-bond acceptors (Lipinski definition) is 3. The van der Waals surface area contributed by atoms with Gasteiger partial charge in [0.05, 0.1) is 11.6 Å². The Morgan fingerprint density at radius 2 is 2.04 bits per heavy atom. The summed E-state index contributed by atoms with van der Waals surface area (Å²) >= 11 is 1.60. The van der Waals surface area contributed by atoms with Gasteiger partial charge in [-0.25, -0.2) is 0 Å². The molecule has 4 nitrogen and oxygen atoms in total. The highest BCUT2D eigenvalue weighted by Gasteiger charge is 2.35. The minimum Gasteiger partial charge on any atom is -0.321 e. The number of anilines is 1. The number of nitrogens with one attached hydrogen (secondary N) is 2. The Labute approximate surface area is 171 Å². The zero-order chi connectivity index (χ0) is 19.7. The largest absolute Gasteiger partial charge is 0.321 e. The van der Waals surface area contributed by atoms with Gasteiger partial charge in [-0.1, -0.05) is 38.1 Å². The van der Waals surface area contributed by atoms with Crippen molar-refractivity contribution in [1.82, 2.24) is 0 Å². The van der Waals surface area contributed by atoms with Gasteiger partial charge in [-0.2, -0.15) is 5.26 Å². The van der Waals surface area contributed by atoms with E-state index in [0.717, 1.165) is 30.8 Å². The number of quaternary nitrogens is 1. The minimum absolute atomic E-state index is 0.0251. The first-order valence-corrected chi connectivity index (χ1v) is 11.1. The Morgan fingerprint density at radius 1 is 1.29 bits per heavy atom. The molecule has 1 atom stereocenters. The van der Waals surface area contributed by atoms with Crippen LogP contribution in [0.2, 0.25) is 0 Å². The van der Waals surface area contributed by atoms with Crippen molar-refractivity contribution in [3.05, 3.63) is 51.4 Å². The van der Waals surface area contributed by atoms with Crippen LogP contribution in [-0.4, -0.2) is 18.5 Å². The zero-order valence-corrected chi connectivity index (χ0v) is 17.5. The van der Waals surface area contributed by atoms with Crippen LogP contribution in [0.3, 0.4) is 0 Å². The second kappa shape index (κ2) is 8.06. The van der Waals surface area contributed by atoms with Gasteiger partial charge in [-0.3, -0.25) is 4.79 Å². The third-order valence-corrected chi connectivity index (χ3v) is 7.11. The van der Waals surface area contributed by atoms with Crippen LogP contribution in [0.4, 0.5) is 5.00 Å². The molecule has 1 amide bonds. The molecule has 2 aliphatic carbocycles. The standard InChI is InChI=1S/C23H27N3OS/c1-15(2)17-8-6-16(7-9-17)13-26(18-10-11-18)14-22(27)25-23-20(12-24)19-4-3-5-21(19)28-23/h6-9,15,18H,3-5,10-11,13-14H2,1-2H3,(H,25,27)/p+1. The van der Waals surface area contributed by atoms with Gasteiger partial charge in [0.15, 0.2) is 6.54 Å². The summed E-state index contributed by atoms with van der Waals surface area (Å²) in [7, 11) is 0. The maximum atomic E-state index is 12.7. The monoisotopic (exact) mass is 394 g/mol. The zero-order valence-electron chi connectivity index (χ0n) is 16.7. The van der Waals surface area contributed by atoms with E-state index in [1.165, 1.54) is 39.3 Å². The number of thiophene rings is 1. The van der Waals surface area contributed by atoms with Gasteiger partial charge in [0.2, 0.25) is 0 Å². The Kier molecular flexibility index (Phi) is 5.52. The van der Waals surface area contributed by atoms with E-state index >= 15 is 0 Å². The lowest BCUT2D eigenvalue weighted by Gasteiger charge is -2.19. The molecule has 0 radical (unpaired) electrons. The van der Waals surface area contributed by atoms with Crippen LogP contribution >= 0.6 is 11.3 Å². The molecule has 2 aromatic rings. The lowest BCUT2D eigenvalue weighted by molar-refractivity contribution is -0.916. The number of nitriles is 1. The smallest absolute Gasteiger partial charge is 0.280 e.